The summed E-state index contributed by atoms with van der Waals surface area (Å²) < 4.78 is 5.71. The second-order valence-electron chi connectivity index (χ2n) is 5.43. The Morgan fingerprint density at radius 2 is 1.96 bits per heavy atom. The van der Waals surface area contributed by atoms with Gasteiger partial charge in [0.2, 0.25) is 0 Å². The molecule has 0 bridgehead atoms. The highest BCUT2D eigenvalue weighted by Gasteiger charge is 2.07. The van der Waals surface area contributed by atoms with Crippen molar-refractivity contribution in [2.24, 2.45) is 0 Å². The average Bonchev–Trinajstić information content (AvgIpc) is 2.64. The smallest absolute Gasteiger partial charge is 0.414 e. The van der Waals surface area contributed by atoms with E-state index in [4.69, 9.17) is 24.5 Å². The molecule has 0 amide bonds. The summed E-state index contributed by atoms with van der Waals surface area (Å²) in [4.78, 5) is 18.2. The molecular weight excluding hydrogens is 370 g/mol. The highest BCUT2D eigenvalue weighted by atomic mass is 32.2. The number of nitrogens with one attached hydrogen (secondary N) is 1. The number of ether oxygens (including phenoxy) is 1. The third-order valence-electron chi connectivity index (χ3n) is 3.18. The van der Waals surface area contributed by atoms with Crippen molar-refractivity contribution in [3.63, 3.8) is 0 Å². The summed E-state index contributed by atoms with van der Waals surface area (Å²) >= 11 is 1.95. The minimum atomic E-state index is -1.82. The fourth-order valence-corrected chi connectivity index (χ4v) is 2.56. The Bertz CT molecular complexity index is 555. The molecule has 0 saturated carbocycles. The molecule has 0 aliphatic heterocycles. The minimum Gasteiger partial charge on any atom is -0.491 e. The first-order valence-corrected chi connectivity index (χ1v) is 9.82. The Labute approximate surface area is 164 Å². The van der Waals surface area contributed by atoms with E-state index in [1.807, 2.05) is 42.1 Å². The fourth-order valence-electron chi connectivity index (χ4n) is 1.93. The molecule has 8 heteroatoms. The van der Waals surface area contributed by atoms with Crippen molar-refractivity contribution in [3.8, 4) is 5.75 Å². The number of carbonyl (C=O) groups is 2. The third-order valence-corrected chi connectivity index (χ3v) is 4.16. The summed E-state index contributed by atoms with van der Waals surface area (Å²) in [6.07, 6.45) is 3.28. The van der Waals surface area contributed by atoms with Gasteiger partial charge in [-0.2, -0.15) is 11.8 Å². The van der Waals surface area contributed by atoms with E-state index in [1.54, 1.807) is 0 Å². The van der Waals surface area contributed by atoms with Gasteiger partial charge in [0.1, 0.15) is 18.5 Å². The number of hydrogen-bond acceptors (Lipinski definition) is 6. The van der Waals surface area contributed by atoms with Crippen LogP contribution in [0.1, 0.15) is 18.9 Å². The molecule has 27 heavy (non-hydrogen) atoms. The first-order valence-electron chi connectivity index (χ1n) is 8.66. The number of aliphatic hydroxyl groups excluding tert-OH is 1. The number of carboxylic acids is 2. The number of para-hydroxylation sites is 1. The second kappa shape index (κ2) is 16.2. The third kappa shape index (κ3) is 13.8. The van der Waals surface area contributed by atoms with E-state index in [2.05, 4.69) is 18.8 Å². The quantitative estimate of drug-likeness (QED) is 0.240. The Balaban J connectivity index is 0.000000972. The van der Waals surface area contributed by atoms with Crippen LogP contribution in [-0.4, -0.2) is 64.6 Å². The molecule has 0 aliphatic rings. The fraction of sp³-hybridized carbons (Fsp3) is 0.474. The van der Waals surface area contributed by atoms with E-state index >= 15 is 0 Å². The summed E-state index contributed by atoms with van der Waals surface area (Å²) in [5.74, 6) is -0.480. The monoisotopic (exact) mass is 399 g/mol. The predicted octanol–water partition coefficient (Wildman–Crippen LogP) is 2.04. The highest BCUT2D eigenvalue weighted by molar-refractivity contribution is 7.99. The van der Waals surface area contributed by atoms with Crippen molar-refractivity contribution in [3.05, 3.63) is 42.5 Å². The first-order chi connectivity index (χ1) is 12.9. The van der Waals surface area contributed by atoms with Gasteiger partial charge in [-0.05, 0) is 42.5 Å². The van der Waals surface area contributed by atoms with E-state index in [-0.39, 0.29) is 0 Å². The molecule has 1 rings (SSSR count). The average molecular weight is 400 g/mol. The molecule has 1 atom stereocenters. The Morgan fingerprint density at radius 3 is 2.56 bits per heavy atom. The SMILES string of the molecule is C=CCc1ccccc1OCC(O)CNCCCSCC.O=C(O)C(=O)O. The molecule has 1 aromatic carbocycles. The van der Waals surface area contributed by atoms with E-state index < -0.39 is 18.0 Å². The van der Waals surface area contributed by atoms with Crippen LogP contribution >= 0.6 is 11.8 Å². The molecule has 0 spiro atoms. The van der Waals surface area contributed by atoms with Gasteiger partial charge >= 0.3 is 11.9 Å². The maximum Gasteiger partial charge on any atom is 0.414 e. The number of carboxylic acid groups (broad SMARTS) is 2. The normalized spacial score (nSPS) is 11.0. The lowest BCUT2D eigenvalue weighted by Gasteiger charge is -2.15. The van der Waals surface area contributed by atoms with E-state index in [9.17, 15) is 5.11 Å². The van der Waals surface area contributed by atoms with Gasteiger partial charge in [0, 0.05) is 6.54 Å². The van der Waals surface area contributed by atoms with Crippen LogP contribution in [0.15, 0.2) is 36.9 Å². The number of rotatable bonds is 12. The summed E-state index contributed by atoms with van der Waals surface area (Å²) in [7, 11) is 0. The maximum absolute atomic E-state index is 9.92. The lowest BCUT2D eigenvalue weighted by Crippen LogP contribution is -2.32. The van der Waals surface area contributed by atoms with Crippen molar-refractivity contribution >= 4 is 23.7 Å². The van der Waals surface area contributed by atoms with Crippen LogP contribution in [0.5, 0.6) is 5.75 Å². The molecule has 1 aromatic rings. The van der Waals surface area contributed by atoms with Crippen LogP contribution in [0.3, 0.4) is 0 Å². The Morgan fingerprint density at radius 1 is 1.30 bits per heavy atom. The number of allylic oxidation sites excluding steroid dienone is 1. The standard InChI is InChI=1S/C17H27NO2S.C2H2O4/c1-3-8-15-9-5-6-10-17(15)20-14-16(19)13-18-11-7-12-21-4-2;3-1(4)2(5)6/h3,5-6,9-10,16,18-19H,1,4,7-8,11-14H2,2H3;(H,3,4)(H,5,6). The molecule has 0 fully saturated rings. The Kier molecular flexibility index (Phi) is 15.0. The lowest BCUT2D eigenvalue weighted by atomic mass is 10.1. The summed E-state index contributed by atoms with van der Waals surface area (Å²) in [5.41, 5.74) is 1.10. The number of aliphatic hydroxyl groups is 1. The molecule has 0 heterocycles. The second-order valence-corrected chi connectivity index (χ2v) is 6.82. The van der Waals surface area contributed by atoms with Gasteiger partial charge in [-0.15, -0.1) is 6.58 Å². The number of hydrogen-bond donors (Lipinski definition) is 4. The summed E-state index contributed by atoms with van der Waals surface area (Å²) in [6, 6.07) is 7.88. The first kappa shape index (κ1) is 25.0. The predicted molar refractivity (Wildman–Crippen MR) is 108 cm³/mol. The van der Waals surface area contributed by atoms with Crippen LogP contribution in [0, 0.1) is 0 Å². The van der Waals surface area contributed by atoms with Gasteiger partial charge in [-0.3, -0.25) is 0 Å². The lowest BCUT2D eigenvalue weighted by molar-refractivity contribution is -0.159. The molecule has 0 aromatic heterocycles. The molecule has 152 valence electrons. The minimum absolute atomic E-state index is 0.310. The van der Waals surface area contributed by atoms with Gasteiger partial charge < -0.3 is 25.4 Å². The number of benzene rings is 1. The van der Waals surface area contributed by atoms with Gasteiger partial charge in [-0.1, -0.05) is 31.2 Å². The van der Waals surface area contributed by atoms with Crippen LogP contribution in [0.2, 0.25) is 0 Å². The molecule has 0 saturated heterocycles. The van der Waals surface area contributed by atoms with Crippen molar-refractivity contribution in [1.29, 1.82) is 0 Å². The maximum atomic E-state index is 9.92. The largest absolute Gasteiger partial charge is 0.491 e. The Hall–Kier alpha value is -2.03. The molecule has 1 unspecified atom stereocenters. The van der Waals surface area contributed by atoms with Crippen molar-refractivity contribution in [2.45, 2.75) is 25.9 Å². The van der Waals surface area contributed by atoms with Crippen molar-refractivity contribution in [1.82, 2.24) is 5.32 Å². The van der Waals surface area contributed by atoms with Gasteiger partial charge in [0.05, 0.1) is 0 Å². The van der Waals surface area contributed by atoms with Crippen LogP contribution in [-0.2, 0) is 16.0 Å². The zero-order chi connectivity index (χ0) is 20.5. The van der Waals surface area contributed by atoms with Crippen molar-refractivity contribution in [2.75, 3.05) is 31.2 Å². The van der Waals surface area contributed by atoms with Gasteiger partial charge in [0.15, 0.2) is 0 Å². The summed E-state index contributed by atoms with van der Waals surface area (Å²) in [6.45, 7) is 7.74. The van der Waals surface area contributed by atoms with Crippen molar-refractivity contribution < 1.29 is 29.6 Å². The van der Waals surface area contributed by atoms with E-state index in [1.165, 1.54) is 11.5 Å². The number of thioether (sulfide) groups is 1. The van der Waals surface area contributed by atoms with Gasteiger partial charge in [-0.25, -0.2) is 9.59 Å². The molecule has 4 N–H and O–H groups in total. The zero-order valence-electron chi connectivity index (χ0n) is 15.6. The van der Waals surface area contributed by atoms with Crippen LogP contribution < -0.4 is 10.1 Å². The molecular formula is C19H29NO6S. The zero-order valence-corrected chi connectivity index (χ0v) is 16.4. The van der Waals surface area contributed by atoms with Crippen LogP contribution in [0.4, 0.5) is 0 Å². The molecule has 0 radical (unpaired) electrons. The van der Waals surface area contributed by atoms with E-state index in [0.29, 0.717) is 13.2 Å². The number of aliphatic carboxylic acids is 2. The summed E-state index contributed by atoms with van der Waals surface area (Å²) in [5, 5.41) is 28.0. The topological polar surface area (TPSA) is 116 Å². The van der Waals surface area contributed by atoms with E-state index in [0.717, 1.165) is 30.7 Å². The highest BCUT2D eigenvalue weighted by Crippen LogP contribution is 2.18. The van der Waals surface area contributed by atoms with Crippen LogP contribution in [0.25, 0.3) is 0 Å². The molecule has 7 nitrogen and oxygen atoms in total. The van der Waals surface area contributed by atoms with Gasteiger partial charge in [0.25, 0.3) is 0 Å². The molecule has 0 aliphatic carbocycles.